The second kappa shape index (κ2) is 10.1. The summed E-state index contributed by atoms with van der Waals surface area (Å²) in [5.41, 5.74) is 7.21. The molecule has 0 saturated carbocycles. The first-order chi connectivity index (χ1) is 9.88. The van der Waals surface area contributed by atoms with Crippen molar-refractivity contribution < 1.29 is 29.1 Å². The summed E-state index contributed by atoms with van der Waals surface area (Å²) in [6, 6.07) is 0. The topological polar surface area (TPSA) is 128 Å². The summed E-state index contributed by atoms with van der Waals surface area (Å²) in [6.45, 7) is 3.55. The van der Waals surface area contributed by atoms with E-state index in [1.54, 1.807) is 6.92 Å². The number of ether oxygens (including phenoxy) is 1. The van der Waals surface area contributed by atoms with E-state index in [-0.39, 0.29) is 6.42 Å². The molecule has 21 heavy (non-hydrogen) atoms. The van der Waals surface area contributed by atoms with Gasteiger partial charge in [0.15, 0.2) is 0 Å². The number of nitrogens with two attached hydrogens (primary N) is 1. The van der Waals surface area contributed by atoms with Crippen molar-refractivity contribution in [3.8, 4) is 0 Å². The summed E-state index contributed by atoms with van der Waals surface area (Å²) < 4.78 is 4.47. The van der Waals surface area contributed by atoms with Crippen LogP contribution in [-0.2, 0) is 24.0 Å². The molecule has 0 rings (SSSR count). The van der Waals surface area contributed by atoms with E-state index in [1.165, 1.54) is 0 Å². The zero-order chi connectivity index (χ0) is 16.4. The maximum atomic E-state index is 11.8. The molecule has 0 saturated heterocycles. The van der Waals surface area contributed by atoms with Crippen molar-refractivity contribution in [2.24, 2.45) is 17.6 Å². The highest BCUT2D eigenvalue weighted by Crippen LogP contribution is 2.12. The van der Waals surface area contributed by atoms with Crippen LogP contribution in [0.3, 0.4) is 0 Å². The fourth-order valence-electron chi connectivity index (χ4n) is 1.70. The van der Waals surface area contributed by atoms with Crippen LogP contribution in [0.5, 0.6) is 0 Å². The quantitative estimate of drug-likeness (QED) is 0.246. The van der Waals surface area contributed by atoms with E-state index in [1.807, 2.05) is 12.4 Å². The summed E-state index contributed by atoms with van der Waals surface area (Å²) >= 11 is 0. The van der Waals surface area contributed by atoms with Gasteiger partial charge in [0, 0.05) is 0 Å². The number of hydrogen-bond donors (Lipinski definition) is 3. The molecular formula is C13H24N2O6. The summed E-state index contributed by atoms with van der Waals surface area (Å²) in [6.07, 6.45) is 0.681. The Morgan fingerprint density at radius 3 is 2.29 bits per heavy atom. The first kappa shape index (κ1) is 19.3. The van der Waals surface area contributed by atoms with Gasteiger partial charge >= 0.3 is 11.9 Å². The first-order valence-electron chi connectivity index (χ1n) is 6.90. The van der Waals surface area contributed by atoms with E-state index < -0.39 is 35.9 Å². The van der Waals surface area contributed by atoms with Crippen molar-refractivity contribution in [1.29, 1.82) is 0 Å². The summed E-state index contributed by atoms with van der Waals surface area (Å²) in [4.78, 5) is 39.4. The summed E-state index contributed by atoms with van der Waals surface area (Å²) in [5.74, 6) is -4.32. The standard InChI is InChI=1S/C13H24N2O6/c1-4-6-7-9(10(14)16)13(19)21-15-11(17)8(5-2)12(18)20-3/h8-10,16H,4-7,14H2,1-3H3,(H,15,17). The highest BCUT2D eigenvalue weighted by atomic mass is 16.7. The Morgan fingerprint density at radius 1 is 1.24 bits per heavy atom. The van der Waals surface area contributed by atoms with E-state index >= 15 is 0 Å². The van der Waals surface area contributed by atoms with Crippen molar-refractivity contribution in [3.05, 3.63) is 0 Å². The van der Waals surface area contributed by atoms with Gasteiger partial charge in [-0.25, -0.2) is 4.79 Å². The molecule has 8 nitrogen and oxygen atoms in total. The number of unbranched alkanes of at least 4 members (excludes halogenated alkanes) is 1. The second-order valence-corrected chi connectivity index (χ2v) is 4.61. The largest absolute Gasteiger partial charge is 0.468 e. The number of methoxy groups -OCH3 is 1. The van der Waals surface area contributed by atoms with E-state index in [0.717, 1.165) is 13.5 Å². The Labute approximate surface area is 123 Å². The molecule has 0 radical (unpaired) electrons. The Bertz CT molecular complexity index is 359. The molecule has 0 fully saturated rings. The molecule has 122 valence electrons. The molecule has 8 heteroatoms. The number of nitrogens with one attached hydrogen (secondary N) is 1. The third-order valence-electron chi connectivity index (χ3n) is 3.05. The number of carbonyl (C=O) groups is 3. The van der Waals surface area contributed by atoms with Crippen LogP contribution >= 0.6 is 0 Å². The highest BCUT2D eigenvalue weighted by Gasteiger charge is 2.29. The van der Waals surface area contributed by atoms with Crippen LogP contribution in [0.4, 0.5) is 0 Å². The van der Waals surface area contributed by atoms with Gasteiger partial charge in [0.25, 0.3) is 5.91 Å². The molecule has 0 aliphatic heterocycles. The molecular weight excluding hydrogens is 280 g/mol. The van der Waals surface area contributed by atoms with E-state index in [0.29, 0.717) is 12.8 Å². The Hall–Kier alpha value is -1.67. The lowest BCUT2D eigenvalue weighted by Crippen LogP contribution is -2.42. The minimum atomic E-state index is -1.37. The minimum absolute atomic E-state index is 0.203. The molecule has 3 atom stereocenters. The van der Waals surface area contributed by atoms with E-state index in [9.17, 15) is 19.5 Å². The van der Waals surface area contributed by atoms with Crippen LogP contribution in [0.15, 0.2) is 0 Å². The number of rotatable bonds is 8. The first-order valence-corrected chi connectivity index (χ1v) is 6.90. The number of carbonyl (C=O) groups excluding carboxylic acids is 3. The average Bonchev–Trinajstić information content (AvgIpc) is 2.45. The van der Waals surface area contributed by atoms with Gasteiger partial charge in [0.05, 0.1) is 13.0 Å². The maximum absolute atomic E-state index is 11.8. The Morgan fingerprint density at radius 2 is 1.86 bits per heavy atom. The summed E-state index contributed by atoms with van der Waals surface area (Å²) in [7, 11) is 1.16. The molecule has 0 bridgehead atoms. The molecule has 4 N–H and O–H groups in total. The van der Waals surface area contributed by atoms with Crippen molar-refractivity contribution in [2.75, 3.05) is 7.11 Å². The van der Waals surface area contributed by atoms with Crippen molar-refractivity contribution in [2.45, 2.75) is 45.8 Å². The number of esters is 1. The van der Waals surface area contributed by atoms with Gasteiger partial charge in [-0.3, -0.25) is 9.59 Å². The minimum Gasteiger partial charge on any atom is -0.468 e. The number of hydrogen-bond acceptors (Lipinski definition) is 7. The SMILES string of the molecule is CCCCC(C(=O)ONC(=O)C(CC)C(=O)OC)C(N)O. The lowest BCUT2D eigenvalue weighted by molar-refractivity contribution is -0.169. The fraction of sp³-hybridized carbons (Fsp3) is 0.769. The van der Waals surface area contributed by atoms with Gasteiger partial charge < -0.3 is 20.4 Å². The molecule has 0 aromatic rings. The average molecular weight is 304 g/mol. The van der Waals surface area contributed by atoms with Crippen LogP contribution in [0.1, 0.15) is 39.5 Å². The second-order valence-electron chi connectivity index (χ2n) is 4.61. The lowest BCUT2D eigenvalue weighted by Gasteiger charge is -2.18. The molecule has 0 heterocycles. The van der Waals surface area contributed by atoms with Gasteiger partial charge in [-0.15, -0.1) is 0 Å². The number of aliphatic hydroxyl groups excluding tert-OH is 1. The van der Waals surface area contributed by atoms with E-state index in [2.05, 4.69) is 9.57 Å². The van der Waals surface area contributed by atoms with Crippen LogP contribution in [0.2, 0.25) is 0 Å². The van der Waals surface area contributed by atoms with E-state index in [4.69, 9.17) is 5.73 Å². The Balaban J connectivity index is 4.50. The maximum Gasteiger partial charge on any atom is 0.339 e. The predicted molar refractivity (Wildman–Crippen MR) is 73.2 cm³/mol. The van der Waals surface area contributed by atoms with Gasteiger partial charge in [-0.1, -0.05) is 26.7 Å². The molecule has 0 aliphatic carbocycles. The summed E-state index contributed by atoms with van der Waals surface area (Å²) in [5, 5.41) is 9.35. The zero-order valence-corrected chi connectivity index (χ0v) is 12.6. The number of aliphatic hydroxyl groups is 1. The third kappa shape index (κ3) is 6.54. The molecule has 0 aromatic heterocycles. The van der Waals surface area contributed by atoms with Crippen molar-refractivity contribution in [3.63, 3.8) is 0 Å². The molecule has 1 amide bonds. The lowest BCUT2D eigenvalue weighted by atomic mass is 10.0. The van der Waals surface area contributed by atoms with Gasteiger partial charge in [0.1, 0.15) is 12.1 Å². The van der Waals surface area contributed by atoms with Gasteiger partial charge in [0.2, 0.25) is 0 Å². The van der Waals surface area contributed by atoms with Crippen LogP contribution in [-0.4, -0.2) is 36.3 Å². The molecule has 3 unspecified atom stereocenters. The van der Waals surface area contributed by atoms with Gasteiger partial charge in [-0.05, 0) is 12.8 Å². The zero-order valence-electron chi connectivity index (χ0n) is 12.6. The van der Waals surface area contributed by atoms with Crippen molar-refractivity contribution >= 4 is 17.8 Å². The van der Waals surface area contributed by atoms with Crippen LogP contribution in [0.25, 0.3) is 0 Å². The van der Waals surface area contributed by atoms with Crippen LogP contribution in [0, 0.1) is 11.8 Å². The highest BCUT2D eigenvalue weighted by molar-refractivity contribution is 5.97. The molecule has 0 spiro atoms. The fourth-order valence-corrected chi connectivity index (χ4v) is 1.70. The molecule has 0 aliphatic rings. The monoisotopic (exact) mass is 304 g/mol. The van der Waals surface area contributed by atoms with Crippen LogP contribution < -0.4 is 11.2 Å². The predicted octanol–water partition coefficient (Wildman–Crippen LogP) is -0.156. The number of hydroxylamine groups is 1. The number of amides is 1. The smallest absolute Gasteiger partial charge is 0.339 e. The molecule has 0 aromatic carbocycles. The Kier molecular flexibility index (Phi) is 9.31. The normalized spacial score (nSPS) is 14.7. The van der Waals surface area contributed by atoms with Gasteiger partial charge in [-0.2, -0.15) is 5.48 Å². The van der Waals surface area contributed by atoms with Crippen molar-refractivity contribution in [1.82, 2.24) is 5.48 Å². The third-order valence-corrected chi connectivity index (χ3v) is 3.05.